The average molecular weight is 862 g/mol. The Morgan fingerprint density at radius 1 is 0.607 bits per heavy atom. The van der Waals surface area contributed by atoms with Crippen molar-refractivity contribution in [1.82, 2.24) is 5.32 Å². The van der Waals surface area contributed by atoms with E-state index in [0.717, 1.165) is 27.9 Å². The molecule has 10 atom stereocenters. The smallest absolute Gasteiger partial charge is 0.467 e. The molecule has 2 fully saturated rings. The van der Waals surface area contributed by atoms with Crippen molar-refractivity contribution >= 4 is 29.8 Å². The minimum Gasteiger partial charge on any atom is -0.467 e. The number of methoxy groups -OCH3 is 1. The van der Waals surface area contributed by atoms with Gasteiger partial charge in [0.05, 0.1) is 26.9 Å². The van der Waals surface area contributed by atoms with Gasteiger partial charge in [-0.2, -0.15) is 13.2 Å². The Balaban J connectivity index is 1.64. The zero-order valence-corrected chi connectivity index (χ0v) is 33.5. The molecule has 2 heterocycles. The van der Waals surface area contributed by atoms with Crippen LogP contribution in [0.2, 0.25) is 0 Å². The Morgan fingerprint density at radius 3 is 1.56 bits per heavy atom. The van der Waals surface area contributed by atoms with E-state index in [1.54, 1.807) is 91.0 Å². The first-order valence-corrected chi connectivity index (χ1v) is 19.0. The van der Waals surface area contributed by atoms with Crippen LogP contribution in [0.1, 0.15) is 37.5 Å². The zero-order valence-electron chi connectivity index (χ0n) is 33.5. The van der Waals surface area contributed by atoms with Crippen molar-refractivity contribution in [3.05, 3.63) is 108 Å². The van der Waals surface area contributed by atoms with Gasteiger partial charge in [0, 0.05) is 20.8 Å². The van der Waals surface area contributed by atoms with Gasteiger partial charge in [0.15, 0.2) is 18.5 Å². The molecule has 0 saturated carbocycles. The van der Waals surface area contributed by atoms with Crippen molar-refractivity contribution in [3.8, 4) is 0 Å². The van der Waals surface area contributed by atoms with Gasteiger partial charge >= 0.3 is 36.0 Å². The molecule has 1 amide bonds. The molecule has 1 N–H and O–H groups in total. The molecule has 3 aromatic carbocycles. The van der Waals surface area contributed by atoms with Crippen molar-refractivity contribution in [2.24, 2.45) is 0 Å². The number of amides is 1. The SMILES string of the molecule is COC(=O)[C@H]1O[C@H](OC(C)=O)[C@H](OC(C)=O)[C@@H](OCc2ccccc2)[C@@H]1O[C@H]1O[C@H](COC(C)=O)[C@@H](OCc2ccccc2)[C@H](OCc2ccccc2)[C@H]1NC(=O)C(F)(F)F. The normalized spacial score (nSPS) is 26.3. The molecule has 3 aromatic rings. The Kier molecular flexibility index (Phi) is 16.7. The van der Waals surface area contributed by atoms with Crippen LogP contribution in [0.4, 0.5) is 13.2 Å². The van der Waals surface area contributed by atoms with Gasteiger partial charge in [-0.25, -0.2) is 4.79 Å². The Hall–Kier alpha value is -5.44. The van der Waals surface area contributed by atoms with E-state index in [1.165, 1.54) is 0 Å². The van der Waals surface area contributed by atoms with Crippen molar-refractivity contribution in [1.29, 1.82) is 0 Å². The number of hydrogen-bond donors (Lipinski definition) is 1. The summed E-state index contributed by atoms with van der Waals surface area (Å²) < 4.78 is 101. The number of nitrogens with one attached hydrogen (secondary N) is 1. The standard InChI is InChI=1S/C42H46F3NO15/c1-24(47)53-23-30-32(54-20-27-14-8-5-9-15-27)33(55-21-28-16-10-6-11-17-28)31(46-41(51)42(43,44)45)39(59-30)60-35-34(56-22-29-18-12-7-13-19-29)37(57-25(2)48)40(58-26(3)49)61-36(35)38(50)52-4/h5-19,30-37,39-40H,20-23H2,1-4H3,(H,46,51)/t30-,31-,32-,33-,34+,35+,36+,37-,39-,40+/m1/s1. The Labute approximate surface area is 348 Å². The molecule has 2 aliphatic rings. The molecule has 16 nitrogen and oxygen atoms in total. The first-order chi connectivity index (χ1) is 29.1. The predicted octanol–water partition coefficient (Wildman–Crippen LogP) is 3.86. The number of esters is 4. The lowest BCUT2D eigenvalue weighted by atomic mass is 9.94. The highest BCUT2D eigenvalue weighted by Crippen LogP contribution is 2.36. The largest absolute Gasteiger partial charge is 0.471 e. The number of ether oxygens (including phenoxy) is 10. The molecule has 5 rings (SSSR count). The summed E-state index contributed by atoms with van der Waals surface area (Å²) in [7, 11) is 1.00. The van der Waals surface area contributed by atoms with Crippen molar-refractivity contribution < 1.29 is 84.5 Å². The number of carbonyl (C=O) groups is 5. The second-order valence-electron chi connectivity index (χ2n) is 13.9. The molecular formula is C42H46F3NO15. The summed E-state index contributed by atoms with van der Waals surface area (Å²) in [6.45, 7) is 2.02. The second kappa shape index (κ2) is 21.9. The number of alkyl halides is 3. The van der Waals surface area contributed by atoms with Gasteiger partial charge < -0.3 is 52.7 Å². The second-order valence-corrected chi connectivity index (χ2v) is 13.9. The third-order valence-electron chi connectivity index (χ3n) is 9.31. The van der Waals surface area contributed by atoms with E-state index in [2.05, 4.69) is 0 Å². The molecule has 2 saturated heterocycles. The summed E-state index contributed by atoms with van der Waals surface area (Å²) >= 11 is 0. The third kappa shape index (κ3) is 13.3. The quantitative estimate of drug-likeness (QED) is 0.152. The van der Waals surface area contributed by atoms with Gasteiger partial charge in [-0.05, 0) is 16.7 Å². The van der Waals surface area contributed by atoms with E-state index >= 15 is 0 Å². The molecule has 2 aliphatic heterocycles. The summed E-state index contributed by atoms with van der Waals surface area (Å²) in [6.07, 6.45) is -20.6. The highest BCUT2D eigenvalue weighted by molar-refractivity contribution is 5.82. The van der Waals surface area contributed by atoms with Crippen molar-refractivity contribution in [2.45, 2.75) is 108 Å². The molecule has 330 valence electrons. The van der Waals surface area contributed by atoms with Crippen LogP contribution in [0.15, 0.2) is 91.0 Å². The maximum absolute atomic E-state index is 14.2. The van der Waals surface area contributed by atoms with Crippen molar-refractivity contribution in [3.63, 3.8) is 0 Å². The molecule has 0 bridgehead atoms. The lowest BCUT2D eigenvalue weighted by Gasteiger charge is -2.49. The van der Waals surface area contributed by atoms with Crippen LogP contribution in [0, 0.1) is 0 Å². The van der Waals surface area contributed by atoms with Gasteiger partial charge in [-0.3, -0.25) is 19.2 Å². The van der Waals surface area contributed by atoms with Crippen LogP contribution < -0.4 is 5.32 Å². The van der Waals surface area contributed by atoms with Gasteiger partial charge in [0.1, 0.15) is 43.2 Å². The summed E-state index contributed by atoms with van der Waals surface area (Å²) in [5, 5.41) is 1.93. The highest BCUT2D eigenvalue weighted by atomic mass is 19.4. The molecule has 0 unspecified atom stereocenters. The fraction of sp³-hybridized carbons (Fsp3) is 0.452. The summed E-state index contributed by atoms with van der Waals surface area (Å²) in [5.74, 6) is -6.13. The highest BCUT2D eigenvalue weighted by Gasteiger charge is 2.58. The monoisotopic (exact) mass is 861 g/mol. The molecule has 0 radical (unpaired) electrons. The minimum absolute atomic E-state index is 0.139. The van der Waals surface area contributed by atoms with E-state index in [1.807, 2.05) is 5.32 Å². The topological polar surface area (TPSA) is 190 Å². The maximum atomic E-state index is 14.2. The summed E-state index contributed by atoms with van der Waals surface area (Å²) in [4.78, 5) is 63.4. The molecular weight excluding hydrogens is 815 g/mol. The van der Waals surface area contributed by atoms with Crippen LogP contribution >= 0.6 is 0 Å². The number of rotatable bonds is 17. The van der Waals surface area contributed by atoms with E-state index < -0.39 is 104 Å². The Bertz CT molecular complexity index is 1910. The number of carbonyl (C=O) groups excluding carboxylic acids is 5. The van der Waals surface area contributed by atoms with Crippen LogP contribution in [0.5, 0.6) is 0 Å². The number of hydrogen-bond acceptors (Lipinski definition) is 15. The lowest BCUT2D eigenvalue weighted by Crippen LogP contribution is -2.70. The van der Waals surface area contributed by atoms with Crippen LogP contribution in [-0.4, -0.2) is 111 Å². The van der Waals surface area contributed by atoms with E-state index in [0.29, 0.717) is 16.7 Å². The van der Waals surface area contributed by atoms with Crippen LogP contribution in [0.25, 0.3) is 0 Å². The molecule has 0 aromatic heterocycles. The predicted molar refractivity (Wildman–Crippen MR) is 201 cm³/mol. The molecule has 61 heavy (non-hydrogen) atoms. The van der Waals surface area contributed by atoms with Crippen LogP contribution in [-0.2, 0) is 91.2 Å². The molecule has 0 spiro atoms. The van der Waals surface area contributed by atoms with E-state index in [9.17, 15) is 37.1 Å². The van der Waals surface area contributed by atoms with Gasteiger partial charge in [0.2, 0.25) is 6.29 Å². The number of halogens is 3. The average Bonchev–Trinajstić information content (AvgIpc) is 3.23. The fourth-order valence-electron chi connectivity index (χ4n) is 6.62. The summed E-state index contributed by atoms with van der Waals surface area (Å²) in [6, 6.07) is 23.8. The summed E-state index contributed by atoms with van der Waals surface area (Å²) in [5.41, 5.74) is 1.79. The van der Waals surface area contributed by atoms with E-state index in [-0.39, 0.29) is 19.8 Å². The minimum atomic E-state index is -5.44. The van der Waals surface area contributed by atoms with Crippen molar-refractivity contribution in [2.75, 3.05) is 13.7 Å². The van der Waals surface area contributed by atoms with Gasteiger partial charge in [0.25, 0.3) is 0 Å². The van der Waals surface area contributed by atoms with Crippen LogP contribution in [0.3, 0.4) is 0 Å². The third-order valence-corrected chi connectivity index (χ3v) is 9.31. The molecule has 19 heteroatoms. The first kappa shape index (κ1) is 46.6. The van der Waals surface area contributed by atoms with Gasteiger partial charge in [-0.15, -0.1) is 0 Å². The van der Waals surface area contributed by atoms with Gasteiger partial charge in [-0.1, -0.05) is 91.0 Å². The first-order valence-electron chi connectivity index (χ1n) is 19.0. The zero-order chi connectivity index (χ0) is 44.1. The van der Waals surface area contributed by atoms with E-state index in [4.69, 9.17) is 47.4 Å². The fourth-order valence-corrected chi connectivity index (χ4v) is 6.62. The maximum Gasteiger partial charge on any atom is 0.471 e. The lowest BCUT2D eigenvalue weighted by molar-refractivity contribution is -0.347. The molecule has 0 aliphatic carbocycles. The Morgan fingerprint density at radius 2 is 1.10 bits per heavy atom. The number of benzene rings is 3.